The first-order valence-electron chi connectivity index (χ1n) is 7.61. The third kappa shape index (κ3) is 5.43. The topological polar surface area (TPSA) is 64.9 Å². The summed E-state index contributed by atoms with van der Waals surface area (Å²) in [6, 6.07) is 12.9. The largest absolute Gasteiger partial charge is 0.416 e. The molecule has 0 spiro atoms. The van der Waals surface area contributed by atoms with Gasteiger partial charge in [0.1, 0.15) is 0 Å². The maximum atomic E-state index is 12.9. The second kappa shape index (κ2) is 8.63. The predicted octanol–water partition coefficient (Wildman–Crippen LogP) is 4.68. The van der Waals surface area contributed by atoms with Gasteiger partial charge in [0.2, 0.25) is 5.91 Å². The van der Waals surface area contributed by atoms with Crippen molar-refractivity contribution in [1.82, 2.24) is 0 Å². The minimum absolute atomic E-state index is 0.121. The minimum atomic E-state index is -4.44. The molecule has 0 aliphatic carbocycles. The Morgan fingerprint density at radius 3 is 2.65 bits per heavy atom. The molecular weight excluding hydrogens is 363 g/mol. The highest BCUT2D eigenvalue weighted by Gasteiger charge is 2.32. The number of nitrogens with zero attached hydrogens (tertiary/aromatic N) is 1. The van der Waals surface area contributed by atoms with Crippen LogP contribution in [0.3, 0.4) is 0 Å². The van der Waals surface area contributed by atoms with Crippen LogP contribution in [0.2, 0.25) is 0 Å². The van der Waals surface area contributed by atoms with Crippen molar-refractivity contribution < 1.29 is 18.0 Å². The molecule has 0 saturated carbocycles. The van der Waals surface area contributed by atoms with E-state index < -0.39 is 17.6 Å². The number of rotatable bonds is 6. The van der Waals surface area contributed by atoms with Crippen LogP contribution in [0.15, 0.2) is 47.4 Å². The van der Waals surface area contributed by atoms with Gasteiger partial charge in [-0.2, -0.15) is 18.4 Å². The summed E-state index contributed by atoms with van der Waals surface area (Å²) in [6.45, 7) is 1.20. The molecule has 0 aromatic heterocycles. The summed E-state index contributed by atoms with van der Waals surface area (Å²) in [5.41, 5.74) is 0.154. The van der Waals surface area contributed by atoms with Gasteiger partial charge in [-0.25, -0.2) is 0 Å². The van der Waals surface area contributed by atoms with Crippen LogP contribution in [0.4, 0.5) is 24.5 Å². The molecule has 2 aromatic carbocycles. The monoisotopic (exact) mass is 379 g/mol. The average Bonchev–Trinajstić information content (AvgIpc) is 2.59. The standard InChI is InChI=1S/C18H16F3N3OS/c1-12-6-7-13(10-14(12)18(19,20)21)23-11-17(25)24-15-4-2-3-5-16(15)26-9-8-22/h2-7,10,23H,9,11H2,1H3,(H,24,25). The predicted molar refractivity (Wildman–Crippen MR) is 96.1 cm³/mol. The van der Waals surface area contributed by atoms with Crippen LogP contribution in [0.25, 0.3) is 0 Å². The number of carbonyl (C=O) groups is 1. The molecule has 0 aliphatic rings. The van der Waals surface area contributed by atoms with Crippen molar-refractivity contribution in [2.45, 2.75) is 18.0 Å². The van der Waals surface area contributed by atoms with Gasteiger partial charge in [-0.3, -0.25) is 4.79 Å². The van der Waals surface area contributed by atoms with Gasteiger partial charge in [0.15, 0.2) is 0 Å². The molecule has 4 nitrogen and oxygen atoms in total. The van der Waals surface area contributed by atoms with Crippen LogP contribution in [-0.4, -0.2) is 18.2 Å². The van der Waals surface area contributed by atoms with Crippen LogP contribution >= 0.6 is 11.8 Å². The summed E-state index contributed by atoms with van der Waals surface area (Å²) >= 11 is 1.29. The molecule has 0 saturated heterocycles. The molecule has 0 unspecified atom stereocenters. The lowest BCUT2D eigenvalue weighted by Crippen LogP contribution is -2.22. The third-order valence-corrected chi connectivity index (χ3v) is 4.39. The molecule has 0 radical (unpaired) electrons. The summed E-state index contributed by atoms with van der Waals surface area (Å²) in [6.07, 6.45) is -4.44. The van der Waals surface area contributed by atoms with E-state index in [-0.39, 0.29) is 23.5 Å². The van der Waals surface area contributed by atoms with E-state index in [1.165, 1.54) is 30.8 Å². The van der Waals surface area contributed by atoms with E-state index in [0.717, 1.165) is 11.0 Å². The number of nitrogens with one attached hydrogen (secondary N) is 2. The highest BCUT2D eigenvalue weighted by molar-refractivity contribution is 7.99. The van der Waals surface area contributed by atoms with Crippen LogP contribution in [0, 0.1) is 18.3 Å². The van der Waals surface area contributed by atoms with Gasteiger partial charge in [-0.1, -0.05) is 18.2 Å². The number of alkyl halides is 3. The Hall–Kier alpha value is -2.66. The number of anilines is 2. The lowest BCUT2D eigenvalue weighted by atomic mass is 10.1. The van der Waals surface area contributed by atoms with Crippen LogP contribution in [0.5, 0.6) is 0 Å². The molecule has 2 N–H and O–H groups in total. The van der Waals surface area contributed by atoms with Crippen LogP contribution in [0.1, 0.15) is 11.1 Å². The molecule has 26 heavy (non-hydrogen) atoms. The van der Waals surface area contributed by atoms with E-state index in [0.29, 0.717) is 5.69 Å². The molecule has 2 aromatic rings. The van der Waals surface area contributed by atoms with Crippen LogP contribution < -0.4 is 10.6 Å². The highest BCUT2D eigenvalue weighted by atomic mass is 32.2. The number of halogens is 3. The zero-order valence-corrected chi connectivity index (χ0v) is 14.7. The third-order valence-electron chi connectivity index (χ3n) is 3.45. The number of para-hydroxylation sites is 1. The first-order chi connectivity index (χ1) is 12.3. The fraction of sp³-hybridized carbons (Fsp3) is 0.222. The van der Waals surface area contributed by atoms with E-state index in [1.54, 1.807) is 24.3 Å². The first-order valence-corrected chi connectivity index (χ1v) is 8.60. The van der Waals surface area contributed by atoms with Crippen molar-refractivity contribution in [1.29, 1.82) is 5.26 Å². The second-order valence-corrected chi connectivity index (χ2v) is 6.39. The summed E-state index contributed by atoms with van der Waals surface area (Å²) in [5.74, 6) is -0.154. The van der Waals surface area contributed by atoms with Crippen molar-refractivity contribution in [3.63, 3.8) is 0 Å². The smallest absolute Gasteiger partial charge is 0.376 e. The zero-order valence-electron chi connectivity index (χ0n) is 13.9. The van der Waals surface area contributed by atoms with Gasteiger partial charge in [0.05, 0.1) is 29.6 Å². The number of hydrogen-bond acceptors (Lipinski definition) is 4. The minimum Gasteiger partial charge on any atom is -0.376 e. The highest BCUT2D eigenvalue weighted by Crippen LogP contribution is 2.33. The van der Waals surface area contributed by atoms with Gasteiger partial charge in [-0.15, -0.1) is 11.8 Å². The van der Waals surface area contributed by atoms with Gasteiger partial charge < -0.3 is 10.6 Å². The summed E-state index contributed by atoms with van der Waals surface area (Å²) in [4.78, 5) is 12.8. The summed E-state index contributed by atoms with van der Waals surface area (Å²) in [7, 11) is 0. The van der Waals surface area contributed by atoms with E-state index in [4.69, 9.17) is 5.26 Å². The second-order valence-electron chi connectivity index (χ2n) is 5.37. The Labute approximate surface area is 153 Å². The van der Waals surface area contributed by atoms with E-state index in [1.807, 2.05) is 6.07 Å². The SMILES string of the molecule is Cc1ccc(NCC(=O)Nc2ccccc2SCC#N)cc1C(F)(F)F. The molecule has 136 valence electrons. The van der Waals surface area contributed by atoms with Gasteiger partial charge in [-0.05, 0) is 36.8 Å². The molecular formula is C18H16F3N3OS. The Morgan fingerprint density at radius 1 is 1.23 bits per heavy atom. The zero-order chi connectivity index (χ0) is 19.2. The maximum absolute atomic E-state index is 12.9. The first kappa shape index (κ1) is 19.7. The quantitative estimate of drug-likeness (QED) is 0.716. The molecule has 0 atom stereocenters. The number of carbonyl (C=O) groups excluding carboxylic acids is 1. The summed E-state index contributed by atoms with van der Waals surface area (Å²) < 4.78 is 38.8. The Balaban J connectivity index is 2.01. The van der Waals surface area contributed by atoms with Crippen molar-refractivity contribution in [3.8, 4) is 6.07 Å². The van der Waals surface area contributed by atoms with Crippen LogP contribution in [-0.2, 0) is 11.0 Å². The normalized spacial score (nSPS) is 10.9. The van der Waals surface area contributed by atoms with Crippen molar-refractivity contribution in [2.24, 2.45) is 0 Å². The molecule has 0 aliphatic heterocycles. The van der Waals surface area contributed by atoms with Crippen molar-refractivity contribution >= 4 is 29.0 Å². The molecule has 0 heterocycles. The van der Waals surface area contributed by atoms with E-state index >= 15 is 0 Å². The number of benzene rings is 2. The number of aryl methyl sites for hydroxylation is 1. The molecule has 8 heteroatoms. The molecule has 2 rings (SSSR count). The molecule has 1 amide bonds. The number of nitriles is 1. The van der Waals surface area contributed by atoms with E-state index in [9.17, 15) is 18.0 Å². The van der Waals surface area contributed by atoms with Crippen molar-refractivity contribution in [3.05, 3.63) is 53.6 Å². The van der Waals surface area contributed by atoms with Crippen molar-refractivity contribution in [2.75, 3.05) is 22.9 Å². The van der Waals surface area contributed by atoms with Gasteiger partial charge >= 0.3 is 6.18 Å². The lowest BCUT2D eigenvalue weighted by molar-refractivity contribution is -0.138. The summed E-state index contributed by atoms with van der Waals surface area (Å²) in [5, 5.41) is 14.0. The Morgan fingerprint density at radius 2 is 1.96 bits per heavy atom. The maximum Gasteiger partial charge on any atom is 0.416 e. The fourth-order valence-electron chi connectivity index (χ4n) is 2.22. The molecule has 0 bridgehead atoms. The molecule has 0 fully saturated rings. The van der Waals surface area contributed by atoms with E-state index in [2.05, 4.69) is 10.6 Å². The lowest BCUT2D eigenvalue weighted by Gasteiger charge is -2.14. The Kier molecular flexibility index (Phi) is 6.52. The average molecular weight is 379 g/mol. The van der Waals surface area contributed by atoms with Gasteiger partial charge in [0, 0.05) is 10.6 Å². The Bertz CT molecular complexity index is 831. The number of thioether (sulfide) groups is 1. The number of amides is 1. The fourth-order valence-corrected chi connectivity index (χ4v) is 2.89. The number of hydrogen-bond donors (Lipinski definition) is 2. The van der Waals surface area contributed by atoms with Gasteiger partial charge in [0.25, 0.3) is 0 Å².